The number of benzene rings is 3. The summed E-state index contributed by atoms with van der Waals surface area (Å²) in [5, 5.41) is 5.60. The van der Waals surface area contributed by atoms with E-state index in [9.17, 15) is 4.79 Å². The lowest BCUT2D eigenvalue weighted by molar-refractivity contribution is 0.0929. The second-order valence-corrected chi connectivity index (χ2v) is 9.19. The molecule has 36 heavy (non-hydrogen) atoms. The van der Waals surface area contributed by atoms with Crippen molar-refractivity contribution in [1.29, 1.82) is 0 Å². The van der Waals surface area contributed by atoms with Crippen LogP contribution in [0.3, 0.4) is 0 Å². The molecule has 0 unspecified atom stereocenters. The number of hydrogen-bond acceptors (Lipinski definition) is 5. The molecule has 6 nitrogen and oxygen atoms in total. The number of allylic oxidation sites excluding steroid dienone is 1. The summed E-state index contributed by atoms with van der Waals surface area (Å²) in [6, 6.07) is 18.4. The molecule has 8 heteroatoms. The van der Waals surface area contributed by atoms with Gasteiger partial charge in [-0.15, -0.1) is 6.58 Å². The van der Waals surface area contributed by atoms with Crippen LogP contribution in [0.15, 0.2) is 87.3 Å². The highest BCUT2D eigenvalue weighted by Crippen LogP contribution is 2.34. The molecule has 0 aliphatic heterocycles. The Morgan fingerprint density at radius 2 is 1.94 bits per heavy atom. The standard InChI is InChI=1S/C28H24BrClN2O4/c1-3-5-20-12-19(13-25(34-4-2)27(20)35-17-18-6-9-23(30)10-7-18)16-31-32-28(33)26-15-21-14-22(29)8-11-24(21)36-26/h3,6-16H,1,4-5,17H2,2H3,(H,32,33)/b31-16+. The molecule has 0 spiro atoms. The molecule has 4 rings (SSSR count). The molecule has 4 aromatic rings. The lowest BCUT2D eigenvalue weighted by Crippen LogP contribution is -2.16. The lowest BCUT2D eigenvalue weighted by Gasteiger charge is -2.17. The number of fused-ring (bicyclic) bond motifs is 1. The van der Waals surface area contributed by atoms with E-state index in [2.05, 4.69) is 33.0 Å². The first kappa shape index (κ1) is 25.5. The van der Waals surface area contributed by atoms with Crippen molar-refractivity contribution in [3.05, 3.63) is 105 Å². The molecule has 0 bridgehead atoms. The van der Waals surface area contributed by atoms with Crippen molar-refractivity contribution in [1.82, 2.24) is 5.43 Å². The van der Waals surface area contributed by atoms with Gasteiger partial charge in [-0.2, -0.15) is 5.10 Å². The summed E-state index contributed by atoms with van der Waals surface area (Å²) in [6.45, 7) is 6.59. The minimum absolute atomic E-state index is 0.175. The molecule has 3 aromatic carbocycles. The van der Waals surface area contributed by atoms with Crippen molar-refractivity contribution >= 4 is 50.6 Å². The quantitative estimate of drug-likeness (QED) is 0.124. The maximum atomic E-state index is 12.5. The minimum atomic E-state index is -0.446. The third-order valence-electron chi connectivity index (χ3n) is 5.20. The summed E-state index contributed by atoms with van der Waals surface area (Å²) in [5.74, 6) is 0.953. The summed E-state index contributed by atoms with van der Waals surface area (Å²) >= 11 is 9.40. The Labute approximate surface area is 222 Å². The van der Waals surface area contributed by atoms with E-state index in [1.807, 2.05) is 55.5 Å². The van der Waals surface area contributed by atoms with Gasteiger partial charge in [-0.1, -0.05) is 45.7 Å². The molecule has 184 valence electrons. The Bertz CT molecular complexity index is 1410. The molecule has 1 aromatic heterocycles. The van der Waals surface area contributed by atoms with Crippen LogP contribution in [0.1, 0.15) is 34.2 Å². The Morgan fingerprint density at radius 3 is 2.69 bits per heavy atom. The molecule has 0 radical (unpaired) electrons. The average molecular weight is 568 g/mol. The number of halogens is 2. The van der Waals surface area contributed by atoms with E-state index in [4.69, 9.17) is 25.5 Å². The van der Waals surface area contributed by atoms with E-state index in [1.54, 1.807) is 24.4 Å². The highest BCUT2D eigenvalue weighted by atomic mass is 79.9. The van der Waals surface area contributed by atoms with E-state index in [-0.39, 0.29) is 5.76 Å². The van der Waals surface area contributed by atoms with Crippen LogP contribution in [-0.4, -0.2) is 18.7 Å². The fourth-order valence-electron chi connectivity index (χ4n) is 3.57. The zero-order chi connectivity index (χ0) is 25.5. The Morgan fingerprint density at radius 1 is 1.14 bits per heavy atom. The van der Waals surface area contributed by atoms with Gasteiger partial charge in [0.25, 0.3) is 0 Å². The monoisotopic (exact) mass is 566 g/mol. The van der Waals surface area contributed by atoms with Crippen molar-refractivity contribution in [2.75, 3.05) is 6.61 Å². The maximum Gasteiger partial charge on any atom is 0.307 e. The highest BCUT2D eigenvalue weighted by Gasteiger charge is 2.14. The SMILES string of the molecule is C=CCc1cc(/C=N/NC(=O)c2cc3cc(Br)ccc3o2)cc(OCC)c1OCc1ccc(Cl)cc1. The van der Waals surface area contributed by atoms with Gasteiger partial charge in [-0.3, -0.25) is 4.79 Å². The van der Waals surface area contributed by atoms with E-state index >= 15 is 0 Å². The molecule has 0 atom stereocenters. The maximum absolute atomic E-state index is 12.5. The van der Waals surface area contributed by atoms with Crippen LogP contribution in [0, 0.1) is 0 Å². The molecule has 0 aliphatic carbocycles. The number of carbonyl (C=O) groups excluding carboxylic acids is 1. The van der Waals surface area contributed by atoms with E-state index in [0.29, 0.717) is 41.7 Å². The Hall–Kier alpha value is -3.55. The van der Waals surface area contributed by atoms with Crippen LogP contribution in [0.25, 0.3) is 11.0 Å². The van der Waals surface area contributed by atoms with Crippen molar-refractivity contribution in [3.8, 4) is 11.5 Å². The van der Waals surface area contributed by atoms with Crippen LogP contribution < -0.4 is 14.9 Å². The van der Waals surface area contributed by atoms with Gasteiger partial charge in [0.05, 0.1) is 12.8 Å². The van der Waals surface area contributed by atoms with Gasteiger partial charge in [0, 0.05) is 20.4 Å². The van der Waals surface area contributed by atoms with Crippen LogP contribution in [0.2, 0.25) is 5.02 Å². The Balaban J connectivity index is 1.52. The molecule has 0 saturated carbocycles. The van der Waals surface area contributed by atoms with E-state index in [0.717, 1.165) is 26.5 Å². The minimum Gasteiger partial charge on any atom is -0.490 e. The number of rotatable bonds is 10. The van der Waals surface area contributed by atoms with Gasteiger partial charge in [0.15, 0.2) is 17.3 Å². The zero-order valence-corrected chi connectivity index (χ0v) is 21.9. The smallest absolute Gasteiger partial charge is 0.307 e. The predicted octanol–water partition coefficient (Wildman–Crippen LogP) is 7.32. The largest absolute Gasteiger partial charge is 0.490 e. The van der Waals surface area contributed by atoms with Crippen molar-refractivity contribution < 1.29 is 18.7 Å². The predicted molar refractivity (Wildman–Crippen MR) is 146 cm³/mol. The van der Waals surface area contributed by atoms with Crippen molar-refractivity contribution in [3.63, 3.8) is 0 Å². The number of nitrogens with one attached hydrogen (secondary N) is 1. The molecule has 1 N–H and O–H groups in total. The van der Waals surface area contributed by atoms with Gasteiger partial charge in [-0.05, 0) is 73.0 Å². The first-order valence-electron chi connectivity index (χ1n) is 11.3. The summed E-state index contributed by atoms with van der Waals surface area (Å²) in [6.07, 6.45) is 3.91. The first-order chi connectivity index (χ1) is 17.5. The topological polar surface area (TPSA) is 73.1 Å². The number of hydrazone groups is 1. The summed E-state index contributed by atoms with van der Waals surface area (Å²) in [7, 11) is 0. The van der Waals surface area contributed by atoms with Crippen LogP contribution >= 0.6 is 27.5 Å². The normalized spacial score (nSPS) is 11.1. The van der Waals surface area contributed by atoms with Crippen LogP contribution in [0.5, 0.6) is 11.5 Å². The molecule has 0 fully saturated rings. The van der Waals surface area contributed by atoms with Gasteiger partial charge < -0.3 is 13.9 Å². The number of hydrogen-bond donors (Lipinski definition) is 1. The zero-order valence-electron chi connectivity index (χ0n) is 19.6. The number of amides is 1. The second kappa shape index (κ2) is 11.9. The lowest BCUT2D eigenvalue weighted by atomic mass is 10.1. The number of carbonyl (C=O) groups is 1. The van der Waals surface area contributed by atoms with Gasteiger partial charge >= 0.3 is 5.91 Å². The molecule has 1 heterocycles. The summed E-state index contributed by atoms with van der Waals surface area (Å²) in [5.41, 5.74) is 5.75. The molecular formula is C28H24BrClN2O4. The highest BCUT2D eigenvalue weighted by molar-refractivity contribution is 9.10. The number of furan rings is 1. The third kappa shape index (κ3) is 6.36. The second-order valence-electron chi connectivity index (χ2n) is 7.84. The van der Waals surface area contributed by atoms with Crippen molar-refractivity contribution in [2.24, 2.45) is 5.10 Å². The van der Waals surface area contributed by atoms with Crippen LogP contribution in [-0.2, 0) is 13.0 Å². The van der Waals surface area contributed by atoms with Crippen molar-refractivity contribution in [2.45, 2.75) is 20.0 Å². The molecule has 0 saturated heterocycles. The van der Waals surface area contributed by atoms with Gasteiger partial charge in [0.2, 0.25) is 0 Å². The fraction of sp³-hybridized carbons (Fsp3) is 0.143. The van der Waals surface area contributed by atoms with Crippen LogP contribution in [0.4, 0.5) is 0 Å². The first-order valence-corrected chi connectivity index (χ1v) is 12.4. The molecular weight excluding hydrogens is 544 g/mol. The Kier molecular flexibility index (Phi) is 8.46. The third-order valence-corrected chi connectivity index (χ3v) is 5.94. The summed E-state index contributed by atoms with van der Waals surface area (Å²) in [4.78, 5) is 12.5. The molecule has 0 aliphatic rings. The fourth-order valence-corrected chi connectivity index (χ4v) is 4.08. The average Bonchev–Trinajstić information content (AvgIpc) is 3.28. The van der Waals surface area contributed by atoms with E-state index in [1.165, 1.54) is 0 Å². The number of nitrogens with zero attached hydrogens (tertiary/aromatic N) is 1. The van der Waals surface area contributed by atoms with Gasteiger partial charge in [-0.25, -0.2) is 5.43 Å². The van der Waals surface area contributed by atoms with Gasteiger partial charge in [0.1, 0.15) is 12.2 Å². The molecule has 1 amide bonds. The summed E-state index contributed by atoms with van der Waals surface area (Å²) < 4.78 is 18.5. The van der Waals surface area contributed by atoms with E-state index < -0.39 is 5.91 Å². The number of ether oxygens (including phenoxy) is 2.